The summed E-state index contributed by atoms with van der Waals surface area (Å²) in [5.74, 6) is 1.06. The number of aromatic nitrogens is 1. The molecule has 0 saturated heterocycles. The first-order valence-corrected chi connectivity index (χ1v) is 3.11. The predicted molar refractivity (Wildman–Crippen MR) is 36.2 cm³/mol. The molecule has 0 saturated carbocycles. The number of nitrogen functional groups attached to an aromatic ring is 1. The van der Waals surface area contributed by atoms with Crippen LogP contribution in [0.1, 0.15) is 12.7 Å². The summed E-state index contributed by atoms with van der Waals surface area (Å²) in [5, 5.41) is 3.49. The zero-order valence-corrected chi connectivity index (χ0v) is 5.83. The molecule has 0 unspecified atom stereocenters. The number of hydrogen-bond acceptors (Lipinski definition) is 4. The van der Waals surface area contributed by atoms with E-state index < -0.39 is 0 Å². The van der Waals surface area contributed by atoms with Crippen LogP contribution in [0.15, 0.2) is 10.6 Å². The van der Waals surface area contributed by atoms with Gasteiger partial charge in [0.05, 0.1) is 0 Å². The predicted octanol–water partition coefficient (Wildman–Crippen LogP) is 0.793. The molecule has 4 nitrogen and oxygen atoms in total. The maximum Gasteiger partial charge on any atom is 0.167 e. The third kappa shape index (κ3) is 1.73. The van der Waals surface area contributed by atoms with Gasteiger partial charge in [-0.05, 0) is 6.92 Å². The van der Waals surface area contributed by atoms with Crippen molar-refractivity contribution >= 4 is 5.82 Å². The zero-order valence-electron chi connectivity index (χ0n) is 5.83. The molecule has 1 heterocycles. The maximum atomic E-state index is 5.29. The second-order valence-electron chi connectivity index (χ2n) is 1.86. The molecule has 1 aromatic heterocycles. The lowest BCUT2D eigenvalue weighted by Crippen LogP contribution is -1.88. The second-order valence-corrected chi connectivity index (χ2v) is 1.86. The Hall–Kier alpha value is -1.03. The van der Waals surface area contributed by atoms with Gasteiger partial charge in [0.1, 0.15) is 6.61 Å². The van der Waals surface area contributed by atoms with E-state index in [9.17, 15) is 0 Å². The molecule has 0 aliphatic carbocycles. The Labute approximate surface area is 58.9 Å². The standard InChI is InChI=1S/C6H10N2O2/c1-2-9-4-5-3-6(7)8-10-5/h3H,2,4H2,1H3,(H2,7,8). The highest BCUT2D eigenvalue weighted by Gasteiger charge is 1.98. The first-order chi connectivity index (χ1) is 4.83. The van der Waals surface area contributed by atoms with Gasteiger partial charge < -0.3 is 15.0 Å². The molecule has 2 N–H and O–H groups in total. The van der Waals surface area contributed by atoms with Crippen LogP contribution in [0.2, 0.25) is 0 Å². The van der Waals surface area contributed by atoms with Crippen molar-refractivity contribution in [3.8, 4) is 0 Å². The van der Waals surface area contributed by atoms with E-state index in [1.807, 2.05) is 6.92 Å². The van der Waals surface area contributed by atoms with Gasteiger partial charge in [-0.1, -0.05) is 5.16 Å². The molecule has 4 heteroatoms. The number of anilines is 1. The topological polar surface area (TPSA) is 61.3 Å². The summed E-state index contributed by atoms with van der Waals surface area (Å²) >= 11 is 0. The fourth-order valence-electron chi connectivity index (χ4n) is 0.600. The number of ether oxygens (including phenoxy) is 1. The smallest absolute Gasteiger partial charge is 0.167 e. The van der Waals surface area contributed by atoms with Crippen molar-refractivity contribution in [2.75, 3.05) is 12.3 Å². The van der Waals surface area contributed by atoms with E-state index in [1.54, 1.807) is 6.07 Å². The van der Waals surface area contributed by atoms with Crippen LogP contribution in [0.5, 0.6) is 0 Å². The van der Waals surface area contributed by atoms with Crippen LogP contribution in [-0.2, 0) is 11.3 Å². The highest BCUT2D eigenvalue weighted by atomic mass is 16.5. The van der Waals surface area contributed by atoms with Crippen LogP contribution in [0.4, 0.5) is 5.82 Å². The van der Waals surface area contributed by atoms with Crippen LogP contribution < -0.4 is 5.73 Å². The van der Waals surface area contributed by atoms with E-state index in [-0.39, 0.29) is 0 Å². The monoisotopic (exact) mass is 142 g/mol. The molecule has 0 amide bonds. The van der Waals surface area contributed by atoms with Crippen LogP contribution in [-0.4, -0.2) is 11.8 Å². The lowest BCUT2D eigenvalue weighted by Gasteiger charge is -1.92. The number of hydrogen-bond donors (Lipinski definition) is 1. The van der Waals surface area contributed by atoms with Crippen molar-refractivity contribution in [3.05, 3.63) is 11.8 Å². The molecule has 0 aromatic carbocycles. The van der Waals surface area contributed by atoms with Crippen molar-refractivity contribution in [2.45, 2.75) is 13.5 Å². The molecule has 0 bridgehead atoms. The van der Waals surface area contributed by atoms with Gasteiger partial charge in [-0.25, -0.2) is 0 Å². The SMILES string of the molecule is CCOCc1cc(N)no1. The first kappa shape index (κ1) is 7.08. The highest BCUT2D eigenvalue weighted by Crippen LogP contribution is 2.05. The Balaban J connectivity index is 2.42. The second kappa shape index (κ2) is 3.22. The van der Waals surface area contributed by atoms with Gasteiger partial charge in [0.2, 0.25) is 0 Å². The van der Waals surface area contributed by atoms with Gasteiger partial charge >= 0.3 is 0 Å². The molecule has 0 aliphatic rings. The largest absolute Gasteiger partial charge is 0.381 e. The number of nitrogens with two attached hydrogens (primary N) is 1. The number of nitrogens with zero attached hydrogens (tertiary/aromatic N) is 1. The van der Waals surface area contributed by atoms with E-state index in [0.29, 0.717) is 24.8 Å². The average molecular weight is 142 g/mol. The van der Waals surface area contributed by atoms with Crippen molar-refractivity contribution in [1.82, 2.24) is 5.16 Å². The fraction of sp³-hybridized carbons (Fsp3) is 0.500. The minimum atomic E-state index is 0.398. The molecule has 0 aliphatic heterocycles. The van der Waals surface area contributed by atoms with Gasteiger partial charge in [-0.3, -0.25) is 0 Å². The van der Waals surface area contributed by atoms with E-state index in [2.05, 4.69) is 5.16 Å². The summed E-state index contributed by atoms with van der Waals surface area (Å²) in [5.41, 5.74) is 5.29. The molecule has 10 heavy (non-hydrogen) atoms. The zero-order chi connectivity index (χ0) is 7.40. The van der Waals surface area contributed by atoms with E-state index in [0.717, 1.165) is 0 Å². The Morgan fingerprint density at radius 3 is 3.10 bits per heavy atom. The Morgan fingerprint density at radius 1 is 1.80 bits per heavy atom. The molecule has 0 atom stereocenters. The van der Waals surface area contributed by atoms with Crippen LogP contribution >= 0.6 is 0 Å². The maximum absolute atomic E-state index is 5.29. The van der Waals surface area contributed by atoms with Crippen LogP contribution in [0, 0.1) is 0 Å². The van der Waals surface area contributed by atoms with Gasteiger partial charge in [0.25, 0.3) is 0 Å². The molecular formula is C6H10N2O2. The molecular weight excluding hydrogens is 132 g/mol. The molecule has 56 valence electrons. The van der Waals surface area contributed by atoms with Crippen molar-refractivity contribution in [3.63, 3.8) is 0 Å². The summed E-state index contributed by atoms with van der Waals surface area (Å²) in [6.45, 7) is 3.03. The van der Waals surface area contributed by atoms with Gasteiger partial charge in [0, 0.05) is 12.7 Å². The van der Waals surface area contributed by atoms with Gasteiger partial charge in [-0.2, -0.15) is 0 Å². The summed E-state index contributed by atoms with van der Waals surface area (Å²) < 4.78 is 9.81. The van der Waals surface area contributed by atoms with Crippen molar-refractivity contribution < 1.29 is 9.26 Å². The van der Waals surface area contributed by atoms with Crippen LogP contribution in [0.3, 0.4) is 0 Å². The van der Waals surface area contributed by atoms with E-state index in [1.165, 1.54) is 0 Å². The Kier molecular flexibility index (Phi) is 2.28. The minimum Gasteiger partial charge on any atom is -0.381 e. The van der Waals surface area contributed by atoms with Crippen molar-refractivity contribution in [1.29, 1.82) is 0 Å². The van der Waals surface area contributed by atoms with E-state index in [4.69, 9.17) is 15.0 Å². The lowest BCUT2D eigenvalue weighted by atomic mass is 10.5. The average Bonchev–Trinajstić information content (AvgIpc) is 2.31. The summed E-state index contributed by atoms with van der Waals surface area (Å²) in [4.78, 5) is 0. The number of rotatable bonds is 3. The molecule has 1 rings (SSSR count). The van der Waals surface area contributed by atoms with Crippen molar-refractivity contribution in [2.24, 2.45) is 0 Å². The Bertz CT molecular complexity index is 197. The summed E-state index contributed by atoms with van der Waals surface area (Å²) in [6.07, 6.45) is 0. The van der Waals surface area contributed by atoms with Gasteiger partial charge in [-0.15, -0.1) is 0 Å². The molecule has 0 spiro atoms. The first-order valence-electron chi connectivity index (χ1n) is 3.11. The normalized spacial score (nSPS) is 10.1. The van der Waals surface area contributed by atoms with Crippen LogP contribution in [0.25, 0.3) is 0 Å². The molecule has 0 radical (unpaired) electrons. The quantitative estimate of drug-likeness (QED) is 0.677. The fourth-order valence-corrected chi connectivity index (χ4v) is 0.600. The third-order valence-electron chi connectivity index (χ3n) is 1.03. The third-order valence-corrected chi connectivity index (χ3v) is 1.03. The summed E-state index contributed by atoms with van der Waals surface area (Å²) in [7, 11) is 0. The minimum absolute atomic E-state index is 0.398. The van der Waals surface area contributed by atoms with Gasteiger partial charge in [0.15, 0.2) is 11.6 Å². The molecule has 1 aromatic rings. The highest BCUT2D eigenvalue weighted by molar-refractivity contribution is 5.25. The van der Waals surface area contributed by atoms with E-state index >= 15 is 0 Å². The summed E-state index contributed by atoms with van der Waals surface area (Å²) in [6, 6.07) is 1.65. The molecule has 0 fully saturated rings. The Morgan fingerprint density at radius 2 is 2.60 bits per heavy atom. The lowest BCUT2D eigenvalue weighted by molar-refractivity contribution is 0.112.